The third-order valence-electron chi connectivity index (χ3n) is 3.54. The zero-order valence-electron chi connectivity index (χ0n) is 13.7. The largest absolute Gasteiger partial charge is 0.497 e. The fourth-order valence-electron chi connectivity index (χ4n) is 2.32. The molecule has 22 heavy (non-hydrogen) atoms. The number of nitrogens with zero attached hydrogens (tertiary/aromatic N) is 1. The third-order valence-corrected chi connectivity index (χ3v) is 3.54. The number of benzene rings is 1. The lowest BCUT2D eigenvalue weighted by Crippen LogP contribution is -2.24. The van der Waals surface area contributed by atoms with Gasteiger partial charge in [-0.25, -0.2) is 0 Å². The van der Waals surface area contributed by atoms with Gasteiger partial charge >= 0.3 is 0 Å². The molecule has 0 radical (unpaired) electrons. The number of hydrogen-bond donors (Lipinski definition) is 1. The van der Waals surface area contributed by atoms with Crippen LogP contribution in [0, 0.1) is 12.8 Å². The van der Waals surface area contributed by atoms with E-state index in [0.29, 0.717) is 12.5 Å². The lowest BCUT2D eigenvalue weighted by atomic mass is 10.2. The molecule has 0 aliphatic carbocycles. The van der Waals surface area contributed by atoms with E-state index in [9.17, 15) is 4.79 Å². The molecule has 2 aromatic rings. The molecule has 0 saturated heterocycles. The number of aromatic nitrogens is 1. The Bertz CT molecular complexity index is 672. The molecular weight excluding hydrogens is 276 g/mol. The van der Waals surface area contributed by atoms with Gasteiger partial charge in [0.15, 0.2) is 5.43 Å². The number of aryl methyl sites for hydroxylation is 1. The molecule has 0 unspecified atom stereocenters. The van der Waals surface area contributed by atoms with Crippen LogP contribution < -0.4 is 15.5 Å². The summed E-state index contributed by atoms with van der Waals surface area (Å²) < 4.78 is 7.22. The number of ether oxygens (including phenoxy) is 1. The van der Waals surface area contributed by atoms with Gasteiger partial charge in [-0.15, -0.1) is 0 Å². The van der Waals surface area contributed by atoms with E-state index in [2.05, 4.69) is 19.2 Å². The normalized spacial score (nSPS) is 11.0. The van der Waals surface area contributed by atoms with E-state index in [0.717, 1.165) is 29.2 Å². The van der Waals surface area contributed by atoms with Crippen molar-refractivity contribution in [2.75, 3.05) is 13.7 Å². The molecule has 1 aromatic heterocycles. The van der Waals surface area contributed by atoms with Gasteiger partial charge in [0.25, 0.3) is 0 Å². The van der Waals surface area contributed by atoms with Gasteiger partial charge in [-0.1, -0.05) is 13.8 Å². The Morgan fingerprint density at radius 1 is 1.23 bits per heavy atom. The smallest absolute Gasteiger partial charge is 0.186 e. The van der Waals surface area contributed by atoms with E-state index in [1.165, 1.54) is 0 Å². The zero-order chi connectivity index (χ0) is 16.1. The highest BCUT2D eigenvalue weighted by molar-refractivity contribution is 5.39. The molecule has 0 atom stereocenters. The molecule has 0 fully saturated rings. The summed E-state index contributed by atoms with van der Waals surface area (Å²) in [6.07, 6.45) is 1.92. The zero-order valence-corrected chi connectivity index (χ0v) is 13.7. The van der Waals surface area contributed by atoms with E-state index < -0.39 is 0 Å². The Balaban J connectivity index is 2.28. The monoisotopic (exact) mass is 300 g/mol. The highest BCUT2D eigenvalue weighted by Crippen LogP contribution is 2.16. The molecular formula is C18H24N2O2. The first kappa shape index (κ1) is 16.3. The summed E-state index contributed by atoms with van der Waals surface area (Å²) in [5.74, 6) is 1.38. The second-order valence-electron chi connectivity index (χ2n) is 5.90. The number of nitrogens with one attached hydrogen (secondary N) is 1. The summed E-state index contributed by atoms with van der Waals surface area (Å²) in [5, 5.41) is 3.33. The molecule has 4 heteroatoms. The minimum absolute atomic E-state index is 0.0820. The van der Waals surface area contributed by atoms with E-state index in [-0.39, 0.29) is 5.43 Å². The Morgan fingerprint density at radius 2 is 1.91 bits per heavy atom. The molecule has 2 rings (SSSR count). The summed E-state index contributed by atoms with van der Waals surface area (Å²) in [5.41, 5.74) is 2.80. The SMILES string of the molecule is COc1ccc(-n2cc(CNCC(C)C)c(=O)cc2C)cc1. The molecule has 1 heterocycles. The molecule has 118 valence electrons. The van der Waals surface area contributed by atoms with Crippen molar-refractivity contribution in [3.8, 4) is 11.4 Å². The van der Waals surface area contributed by atoms with Gasteiger partial charge in [-0.2, -0.15) is 0 Å². The minimum Gasteiger partial charge on any atom is -0.497 e. The Hall–Kier alpha value is -2.07. The van der Waals surface area contributed by atoms with Crippen molar-refractivity contribution < 1.29 is 4.74 Å². The van der Waals surface area contributed by atoms with Crippen LogP contribution in [0.1, 0.15) is 25.1 Å². The molecule has 1 aromatic carbocycles. The van der Waals surface area contributed by atoms with Crippen LogP contribution in [0.2, 0.25) is 0 Å². The molecule has 0 bridgehead atoms. The van der Waals surface area contributed by atoms with Gasteiger partial charge in [0.1, 0.15) is 5.75 Å². The molecule has 1 N–H and O–H groups in total. The highest BCUT2D eigenvalue weighted by Gasteiger charge is 2.06. The predicted octanol–water partition coefficient (Wildman–Crippen LogP) is 2.90. The topological polar surface area (TPSA) is 43.3 Å². The van der Waals surface area contributed by atoms with Crippen molar-refractivity contribution in [2.24, 2.45) is 5.92 Å². The first-order valence-electron chi connectivity index (χ1n) is 7.58. The van der Waals surface area contributed by atoms with Crippen LogP contribution in [-0.4, -0.2) is 18.2 Å². The van der Waals surface area contributed by atoms with Gasteiger partial charge in [0.2, 0.25) is 0 Å². The third kappa shape index (κ3) is 3.98. The van der Waals surface area contributed by atoms with Gasteiger partial charge in [-0.05, 0) is 43.7 Å². The molecule has 0 saturated carbocycles. The van der Waals surface area contributed by atoms with Crippen LogP contribution >= 0.6 is 0 Å². The van der Waals surface area contributed by atoms with Crippen molar-refractivity contribution in [1.29, 1.82) is 0 Å². The summed E-state index contributed by atoms with van der Waals surface area (Å²) in [4.78, 5) is 12.1. The second-order valence-corrected chi connectivity index (χ2v) is 5.90. The number of hydrogen-bond acceptors (Lipinski definition) is 3. The second kappa shape index (κ2) is 7.27. The van der Waals surface area contributed by atoms with Crippen molar-refractivity contribution >= 4 is 0 Å². The van der Waals surface area contributed by atoms with E-state index in [1.807, 2.05) is 42.0 Å². The lowest BCUT2D eigenvalue weighted by Gasteiger charge is -2.14. The molecule has 0 spiro atoms. The van der Waals surface area contributed by atoms with Crippen LogP contribution in [0.25, 0.3) is 5.69 Å². The fraction of sp³-hybridized carbons (Fsp3) is 0.389. The van der Waals surface area contributed by atoms with Gasteiger partial charge < -0.3 is 14.6 Å². The summed E-state index contributed by atoms with van der Waals surface area (Å²) in [6, 6.07) is 9.51. The Morgan fingerprint density at radius 3 is 2.50 bits per heavy atom. The number of methoxy groups -OCH3 is 1. The van der Waals surface area contributed by atoms with Gasteiger partial charge in [-0.3, -0.25) is 4.79 Å². The van der Waals surface area contributed by atoms with Crippen molar-refractivity contribution in [2.45, 2.75) is 27.3 Å². The standard InChI is InChI=1S/C18H24N2O2/c1-13(2)10-19-11-15-12-20(14(3)9-18(15)21)16-5-7-17(22-4)8-6-16/h5-9,12-13,19H,10-11H2,1-4H3. The van der Waals surface area contributed by atoms with Crippen LogP contribution in [0.3, 0.4) is 0 Å². The summed E-state index contributed by atoms with van der Waals surface area (Å²) in [7, 11) is 1.65. The van der Waals surface area contributed by atoms with Crippen LogP contribution in [-0.2, 0) is 6.54 Å². The average molecular weight is 300 g/mol. The first-order chi connectivity index (χ1) is 10.5. The van der Waals surface area contributed by atoms with Gasteiger partial charge in [0.05, 0.1) is 7.11 Å². The number of pyridine rings is 1. The molecule has 0 aliphatic heterocycles. The van der Waals surface area contributed by atoms with E-state index in [4.69, 9.17) is 4.74 Å². The maximum atomic E-state index is 12.1. The number of rotatable bonds is 6. The fourth-order valence-corrected chi connectivity index (χ4v) is 2.32. The Labute approximate surface area is 131 Å². The van der Waals surface area contributed by atoms with Crippen molar-refractivity contribution in [3.05, 3.63) is 58.0 Å². The quantitative estimate of drug-likeness (QED) is 0.892. The summed E-state index contributed by atoms with van der Waals surface area (Å²) in [6.45, 7) is 7.73. The van der Waals surface area contributed by atoms with Gasteiger partial charge in [0, 0.05) is 35.8 Å². The van der Waals surface area contributed by atoms with Crippen LogP contribution in [0.15, 0.2) is 41.3 Å². The molecule has 0 amide bonds. The maximum Gasteiger partial charge on any atom is 0.186 e. The highest BCUT2D eigenvalue weighted by atomic mass is 16.5. The minimum atomic E-state index is 0.0820. The Kier molecular flexibility index (Phi) is 5.39. The average Bonchev–Trinajstić information content (AvgIpc) is 2.49. The molecule has 0 aliphatic rings. The lowest BCUT2D eigenvalue weighted by molar-refractivity contribution is 0.414. The van der Waals surface area contributed by atoms with Crippen molar-refractivity contribution in [1.82, 2.24) is 9.88 Å². The van der Waals surface area contributed by atoms with E-state index >= 15 is 0 Å². The summed E-state index contributed by atoms with van der Waals surface area (Å²) >= 11 is 0. The van der Waals surface area contributed by atoms with Crippen LogP contribution in [0.5, 0.6) is 5.75 Å². The first-order valence-corrected chi connectivity index (χ1v) is 7.58. The maximum absolute atomic E-state index is 12.1. The molecule has 4 nitrogen and oxygen atoms in total. The van der Waals surface area contributed by atoms with Crippen LogP contribution in [0.4, 0.5) is 0 Å². The predicted molar refractivity (Wildman–Crippen MR) is 89.9 cm³/mol. The van der Waals surface area contributed by atoms with E-state index in [1.54, 1.807) is 13.2 Å². The van der Waals surface area contributed by atoms with Crippen molar-refractivity contribution in [3.63, 3.8) is 0 Å².